The molecule has 4 rings (SSSR count). The van der Waals surface area contributed by atoms with Gasteiger partial charge in [0.2, 0.25) is 10.0 Å². The van der Waals surface area contributed by atoms with Crippen LogP contribution in [0.4, 0.5) is 10.1 Å². The maximum absolute atomic E-state index is 13.6. The van der Waals surface area contributed by atoms with Crippen LogP contribution in [-0.4, -0.2) is 25.3 Å². The molecule has 5 nitrogen and oxygen atoms in total. The van der Waals surface area contributed by atoms with Gasteiger partial charge < -0.3 is 0 Å². The van der Waals surface area contributed by atoms with Crippen LogP contribution in [0.1, 0.15) is 47.2 Å². The molecule has 1 amide bonds. The first kappa shape index (κ1) is 18.1. The van der Waals surface area contributed by atoms with E-state index in [0.717, 1.165) is 12.8 Å². The van der Waals surface area contributed by atoms with E-state index in [1.807, 2.05) is 0 Å². The molecule has 0 bridgehead atoms. The summed E-state index contributed by atoms with van der Waals surface area (Å²) in [6.07, 6.45) is 3.09. The average Bonchev–Trinajstić information content (AvgIpc) is 3.26. The first-order chi connectivity index (χ1) is 12.8. The standard InChI is InChI=1S/C19H16ClFN2O3S/c20-17-8-5-11(21)9-16(17)18-14-7-6-12(10-15(14)19(24)22-18)23-27(25,26)13-3-1-2-4-13/h5-10,13,23H,1-4H2. The lowest BCUT2D eigenvalue weighted by atomic mass is 9.99. The second-order valence-electron chi connectivity index (χ2n) is 6.70. The highest BCUT2D eigenvalue weighted by Crippen LogP contribution is 2.31. The predicted octanol–water partition coefficient (Wildman–Crippen LogP) is 4.15. The molecule has 1 N–H and O–H groups in total. The topological polar surface area (TPSA) is 75.6 Å². The number of aliphatic imine (C=N–C) groups is 1. The van der Waals surface area contributed by atoms with Gasteiger partial charge >= 0.3 is 0 Å². The summed E-state index contributed by atoms with van der Waals surface area (Å²) in [7, 11) is -3.50. The fourth-order valence-electron chi connectivity index (χ4n) is 3.54. The van der Waals surface area contributed by atoms with Crippen molar-refractivity contribution in [1.82, 2.24) is 0 Å². The summed E-state index contributed by atoms with van der Waals surface area (Å²) in [5.74, 6) is -0.999. The number of sulfonamides is 1. The maximum atomic E-state index is 13.6. The van der Waals surface area contributed by atoms with Crippen molar-refractivity contribution in [3.8, 4) is 0 Å². The molecule has 0 unspecified atom stereocenters. The van der Waals surface area contributed by atoms with Crippen LogP contribution in [-0.2, 0) is 10.0 Å². The summed E-state index contributed by atoms with van der Waals surface area (Å²) in [6.45, 7) is 0. The third kappa shape index (κ3) is 3.37. The number of nitrogens with one attached hydrogen (secondary N) is 1. The number of anilines is 1. The lowest BCUT2D eigenvalue weighted by Gasteiger charge is -2.14. The van der Waals surface area contributed by atoms with Crippen molar-refractivity contribution in [3.63, 3.8) is 0 Å². The molecule has 2 aromatic rings. The Kier molecular flexibility index (Phi) is 4.52. The Morgan fingerprint density at radius 2 is 1.78 bits per heavy atom. The van der Waals surface area contributed by atoms with Crippen molar-refractivity contribution < 1.29 is 17.6 Å². The smallest absolute Gasteiger partial charge is 0.278 e. The molecule has 0 saturated heterocycles. The van der Waals surface area contributed by atoms with Gasteiger partial charge in [-0.25, -0.2) is 17.8 Å². The molecule has 0 atom stereocenters. The van der Waals surface area contributed by atoms with Gasteiger partial charge in [0.05, 0.1) is 21.5 Å². The van der Waals surface area contributed by atoms with E-state index in [1.54, 1.807) is 12.1 Å². The van der Waals surface area contributed by atoms with Crippen molar-refractivity contribution in [2.45, 2.75) is 30.9 Å². The van der Waals surface area contributed by atoms with Gasteiger partial charge in [0, 0.05) is 16.8 Å². The van der Waals surface area contributed by atoms with Crippen LogP contribution in [0.25, 0.3) is 0 Å². The van der Waals surface area contributed by atoms with Gasteiger partial charge in [-0.2, -0.15) is 0 Å². The van der Waals surface area contributed by atoms with Crippen LogP contribution < -0.4 is 4.72 Å². The zero-order chi connectivity index (χ0) is 19.2. The number of hydrogen-bond donors (Lipinski definition) is 1. The lowest BCUT2D eigenvalue weighted by molar-refractivity contribution is 0.101. The Morgan fingerprint density at radius 1 is 1.04 bits per heavy atom. The number of amides is 1. The molecule has 0 radical (unpaired) electrons. The highest BCUT2D eigenvalue weighted by molar-refractivity contribution is 7.93. The molecule has 1 aliphatic carbocycles. The number of fused-ring (bicyclic) bond motifs is 1. The third-order valence-electron chi connectivity index (χ3n) is 4.90. The Labute approximate surface area is 161 Å². The van der Waals surface area contributed by atoms with Gasteiger partial charge in [-0.3, -0.25) is 9.52 Å². The largest absolute Gasteiger partial charge is 0.283 e. The second kappa shape index (κ2) is 6.73. The van der Waals surface area contributed by atoms with Crippen LogP contribution in [0.2, 0.25) is 5.02 Å². The number of nitrogens with zero attached hydrogens (tertiary/aromatic N) is 1. The Hall–Kier alpha value is -2.25. The quantitative estimate of drug-likeness (QED) is 0.828. The molecule has 1 saturated carbocycles. The van der Waals surface area contributed by atoms with Crippen LogP contribution in [0, 0.1) is 5.82 Å². The zero-order valence-corrected chi connectivity index (χ0v) is 15.8. The average molecular weight is 407 g/mol. The van der Waals surface area contributed by atoms with Crippen molar-refractivity contribution in [2.75, 3.05) is 4.72 Å². The first-order valence-corrected chi connectivity index (χ1v) is 10.5. The van der Waals surface area contributed by atoms with E-state index in [4.69, 9.17) is 11.6 Å². The normalized spacial score (nSPS) is 17.1. The summed E-state index contributed by atoms with van der Waals surface area (Å²) >= 11 is 6.13. The summed E-state index contributed by atoms with van der Waals surface area (Å²) < 4.78 is 41.1. The number of halogens is 2. The molecule has 2 aromatic carbocycles. The van der Waals surface area contributed by atoms with E-state index < -0.39 is 27.0 Å². The highest BCUT2D eigenvalue weighted by atomic mass is 35.5. The molecule has 2 aliphatic rings. The van der Waals surface area contributed by atoms with E-state index in [0.29, 0.717) is 29.7 Å². The van der Waals surface area contributed by atoms with E-state index in [2.05, 4.69) is 9.71 Å². The zero-order valence-electron chi connectivity index (χ0n) is 14.2. The molecular formula is C19H16ClFN2O3S. The Morgan fingerprint density at radius 3 is 2.52 bits per heavy atom. The molecule has 0 spiro atoms. The molecule has 0 aromatic heterocycles. The van der Waals surface area contributed by atoms with Crippen molar-refractivity contribution >= 4 is 38.9 Å². The van der Waals surface area contributed by atoms with Crippen LogP contribution >= 0.6 is 11.6 Å². The van der Waals surface area contributed by atoms with Crippen LogP contribution in [0.15, 0.2) is 41.4 Å². The number of carbonyl (C=O) groups excluding carboxylic acids is 1. The molecule has 1 aliphatic heterocycles. The monoisotopic (exact) mass is 406 g/mol. The van der Waals surface area contributed by atoms with Crippen LogP contribution in [0.3, 0.4) is 0 Å². The molecule has 1 fully saturated rings. The van der Waals surface area contributed by atoms with Crippen molar-refractivity contribution in [3.05, 3.63) is 63.9 Å². The number of hydrogen-bond acceptors (Lipinski definition) is 3. The van der Waals surface area contributed by atoms with E-state index in [-0.39, 0.29) is 16.3 Å². The van der Waals surface area contributed by atoms with Gasteiger partial charge in [-0.1, -0.05) is 24.4 Å². The lowest BCUT2D eigenvalue weighted by Crippen LogP contribution is -2.25. The van der Waals surface area contributed by atoms with Crippen molar-refractivity contribution in [2.24, 2.45) is 4.99 Å². The summed E-state index contributed by atoms with van der Waals surface area (Å²) in [6, 6.07) is 8.50. The number of carbonyl (C=O) groups is 1. The fourth-order valence-corrected chi connectivity index (χ4v) is 5.33. The minimum absolute atomic E-state index is 0.261. The second-order valence-corrected chi connectivity index (χ2v) is 9.07. The Balaban J connectivity index is 1.67. The van der Waals surface area contributed by atoms with E-state index in [9.17, 15) is 17.6 Å². The van der Waals surface area contributed by atoms with E-state index in [1.165, 1.54) is 24.3 Å². The highest BCUT2D eigenvalue weighted by Gasteiger charge is 2.30. The van der Waals surface area contributed by atoms with Gasteiger partial charge in [0.15, 0.2) is 0 Å². The number of benzene rings is 2. The maximum Gasteiger partial charge on any atom is 0.278 e. The summed E-state index contributed by atoms with van der Waals surface area (Å²) in [4.78, 5) is 16.3. The van der Waals surface area contributed by atoms with Gasteiger partial charge in [0.25, 0.3) is 5.91 Å². The van der Waals surface area contributed by atoms with Gasteiger partial charge in [-0.05, 0) is 49.2 Å². The fraction of sp³-hybridized carbons (Fsp3) is 0.263. The molecule has 140 valence electrons. The molecule has 1 heterocycles. The van der Waals surface area contributed by atoms with Crippen molar-refractivity contribution in [1.29, 1.82) is 0 Å². The molecule has 27 heavy (non-hydrogen) atoms. The Bertz CT molecular complexity index is 1080. The minimum Gasteiger partial charge on any atom is -0.283 e. The minimum atomic E-state index is -3.50. The van der Waals surface area contributed by atoms with Gasteiger partial charge in [-0.15, -0.1) is 0 Å². The SMILES string of the molecule is O=C1N=C(c2cc(F)ccc2Cl)c2ccc(NS(=O)(=O)C3CCCC3)cc21. The van der Waals surface area contributed by atoms with Gasteiger partial charge in [0.1, 0.15) is 5.82 Å². The van der Waals surface area contributed by atoms with Crippen LogP contribution in [0.5, 0.6) is 0 Å². The first-order valence-electron chi connectivity index (χ1n) is 8.60. The van der Waals surface area contributed by atoms with E-state index >= 15 is 0 Å². The summed E-state index contributed by atoms with van der Waals surface area (Å²) in [5.41, 5.74) is 1.68. The summed E-state index contributed by atoms with van der Waals surface area (Å²) in [5, 5.41) is -0.124. The third-order valence-corrected chi connectivity index (χ3v) is 7.10. The molecule has 8 heteroatoms. The predicted molar refractivity (Wildman–Crippen MR) is 103 cm³/mol. The molecular weight excluding hydrogens is 391 g/mol. The number of rotatable bonds is 4.